The summed E-state index contributed by atoms with van der Waals surface area (Å²) < 4.78 is 5.03. The second-order valence-electron chi connectivity index (χ2n) is 6.82. The van der Waals surface area contributed by atoms with E-state index in [1.807, 2.05) is 0 Å². The van der Waals surface area contributed by atoms with Gasteiger partial charge in [0.25, 0.3) is 11.8 Å². The van der Waals surface area contributed by atoms with Crippen LogP contribution in [0, 0.1) is 13.8 Å². The summed E-state index contributed by atoms with van der Waals surface area (Å²) in [5.41, 5.74) is 1.83. The Hall–Kier alpha value is -3.19. The minimum Gasteiger partial charge on any atom is -0.506 e. The molecular formula is C21H21NO6. The molecule has 1 aliphatic rings. The molecule has 0 bridgehead atoms. The summed E-state index contributed by atoms with van der Waals surface area (Å²) in [4.78, 5) is 38.8. The van der Waals surface area contributed by atoms with Gasteiger partial charge in [-0.05, 0) is 55.7 Å². The van der Waals surface area contributed by atoms with E-state index < -0.39 is 23.9 Å². The predicted octanol–water partition coefficient (Wildman–Crippen LogP) is 2.74. The number of imide groups is 1. The number of nitrogens with zero attached hydrogens (tertiary/aromatic N) is 1. The highest BCUT2D eigenvalue weighted by Gasteiger charge is 2.39. The molecule has 146 valence electrons. The fraction of sp³-hybridized carbons (Fsp3) is 0.286. The van der Waals surface area contributed by atoms with Crippen molar-refractivity contribution in [1.82, 2.24) is 0 Å². The van der Waals surface area contributed by atoms with Crippen LogP contribution in [-0.4, -0.2) is 40.7 Å². The van der Waals surface area contributed by atoms with E-state index in [4.69, 9.17) is 4.74 Å². The first kappa shape index (κ1) is 19.6. The number of hydrogen-bond acceptors (Lipinski definition) is 6. The van der Waals surface area contributed by atoms with Gasteiger partial charge in [-0.1, -0.05) is 13.0 Å². The second kappa shape index (κ2) is 7.44. The molecule has 0 radical (unpaired) electrons. The first-order chi connectivity index (χ1) is 13.2. The Morgan fingerprint density at radius 2 is 1.79 bits per heavy atom. The fourth-order valence-electron chi connectivity index (χ4n) is 3.17. The number of fused-ring (bicyclic) bond motifs is 1. The number of amides is 2. The van der Waals surface area contributed by atoms with Crippen LogP contribution in [0.5, 0.6) is 5.75 Å². The monoisotopic (exact) mass is 383 g/mol. The second-order valence-corrected chi connectivity index (χ2v) is 6.82. The molecule has 2 N–H and O–H groups in total. The Morgan fingerprint density at radius 1 is 1.11 bits per heavy atom. The van der Waals surface area contributed by atoms with Crippen LogP contribution in [0.4, 0.5) is 5.69 Å². The van der Waals surface area contributed by atoms with E-state index in [2.05, 4.69) is 0 Å². The Labute approximate surface area is 162 Å². The van der Waals surface area contributed by atoms with Crippen molar-refractivity contribution in [2.24, 2.45) is 0 Å². The van der Waals surface area contributed by atoms with Gasteiger partial charge in [0.2, 0.25) is 0 Å². The van der Waals surface area contributed by atoms with Crippen molar-refractivity contribution in [1.29, 1.82) is 0 Å². The van der Waals surface area contributed by atoms with Gasteiger partial charge in [0, 0.05) is 0 Å². The van der Waals surface area contributed by atoms with Crippen LogP contribution in [0.1, 0.15) is 55.5 Å². The Morgan fingerprint density at radius 3 is 2.43 bits per heavy atom. The molecule has 28 heavy (non-hydrogen) atoms. The number of aryl methyl sites for hydroxylation is 2. The normalized spacial score (nSPS) is 14.2. The SMILES string of the molecule is CCC(O)COC(=O)c1ccc2c(c1)C(=O)N(c1c(C)cc(C)cc1O)C2=O. The molecule has 0 aromatic heterocycles. The van der Waals surface area contributed by atoms with Crippen LogP contribution in [0.3, 0.4) is 0 Å². The maximum Gasteiger partial charge on any atom is 0.338 e. The predicted molar refractivity (Wildman–Crippen MR) is 102 cm³/mol. The van der Waals surface area contributed by atoms with Gasteiger partial charge in [-0.15, -0.1) is 0 Å². The van der Waals surface area contributed by atoms with E-state index >= 15 is 0 Å². The number of aliphatic hydroxyl groups is 1. The van der Waals surface area contributed by atoms with E-state index in [1.54, 1.807) is 26.8 Å². The summed E-state index contributed by atoms with van der Waals surface area (Å²) in [6, 6.07) is 7.34. The number of aromatic hydroxyl groups is 1. The molecule has 1 unspecified atom stereocenters. The number of benzene rings is 2. The standard InChI is InChI=1S/C21H21NO6/c1-4-14(23)10-28-21(27)13-5-6-15-16(9-13)20(26)22(19(15)25)18-12(3)7-11(2)8-17(18)24/h5-9,14,23-24H,4,10H2,1-3H3. The summed E-state index contributed by atoms with van der Waals surface area (Å²) in [5.74, 6) is -2.04. The molecule has 7 heteroatoms. The lowest BCUT2D eigenvalue weighted by atomic mass is 10.1. The third kappa shape index (κ3) is 3.36. The molecule has 2 aromatic rings. The van der Waals surface area contributed by atoms with Crippen molar-refractivity contribution in [2.75, 3.05) is 11.5 Å². The lowest BCUT2D eigenvalue weighted by Crippen LogP contribution is -2.30. The molecular weight excluding hydrogens is 362 g/mol. The number of phenols is 1. The smallest absolute Gasteiger partial charge is 0.338 e. The minimum absolute atomic E-state index is 0.0647. The topological polar surface area (TPSA) is 104 Å². The number of aliphatic hydroxyl groups excluding tert-OH is 1. The average molecular weight is 383 g/mol. The maximum absolute atomic E-state index is 12.9. The third-order valence-corrected chi connectivity index (χ3v) is 4.65. The van der Waals surface area contributed by atoms with Crippen LogP contribution in [0.15, 0.2) is 30.3 Å². The van der Waals surface area contributed by atoms with Crippen LogP contribution >= 0.6 is 0 Å². The molecule has 1 atom stereocenters. The number of ether oxygens (including phenoxy) is 1. The first-order valence-electron chi connectivity index (χ1n) is 8.92. The molecule has 0 fully saturated rings. The number of esters is 1. The van der Waals surface area contributed by atoms with Crippen LogP contribution in [0.25, 0.3) is 0 Å². The highest BCUT2D eigenvalue weighted by Crippen LogP contribution is 2.37. The van der Waals surface area contributed by atoms with Gasteiger partial charge in [-0.2, -0.15) is 0 Å². The van der Waals surface area contributed by atoms with Gasteiger partial charge in [-0.3, -0.25) is 9.59 Å². The van der Waals surface area contributed by atoms with Gasteiger partial charge < -0.3 is 14.9 Å². The number of rotatable bonds is 5. The molecule has 1 heterocycles. The van der Waals surface area contributed by atoms with Crippen LogP contribution in [-0.2, 0) is 4.74 Å². The zero-order valence-electron chi connectivity index (χ0n) is 15.9. The summed E-state index contributed by atoms with van der Waals surface area (Å²) in [7, 11) is 0. The molecule has 3 rings (SSSR count). The third-order valence-electron chi connectivity index (χ3n) is 4.65. The Kier molecular flexibility index (Phi) is 5.20. The fourth-order valence-corrected chi connectivity index (χ4v) is 3.17. The zero-order chi connectivity index (χ0) is 20.6. The van der Waals surface area contributed by atoms with Gasteiger partial charge >= 0.3 is 5.97 Å². The van der Waals surface area contributed by atoms with Gasteiger partial charge in [0.05, 0.1) is 28.5 Å². The van der Waals surface area contributed by atoms with Crippen LogP contribution < -0.4 is 4.90 Å². The Balaban J connectivity index is 1.94. The highest BCUT2D eigenvalue weighted by molar-refractivity contribution is 6.35. The van der Waals surface area contributed by atoms with Crippen molar-refractivity contribution in [2.45, 2.75) is 33.3 Å². The quantitative estimate of drug-likeness (QED) is 0.608. The molecule has 7 nitrogen and oxygen atoms in total. The van der Waals surface area contributed by atoms with Crippen LogP contribution in [0.2, 0.25) is 0 Å². The summed E-state index contributed by atoms with van der Waals surface area (Å²) in [6.45, 7) is 5.11. The molecule has 0 aliphatic carbocycles. The maximum atomic E-state index is 12.9. The van der Waals surface area contributed by atoms with E-state index in [1.165, 1.54) is 24.3 Å². The molecule has 2 amide bonds. The van der Waals surface area contributed by atoms with E-state index in [9.17, 15) is 24.6 Å². The lowest BCUT2D eigenvalue weighted by molar-refractivity contribution is 0.0250. The molecule has 0 spiro atoms. The average Bonchev–Trinajstić information content (AvgIpc) is 2.89. The number of phenolic OH excluding ortho intramolecular Hbond substituents is 1. The summed E-state index contributed by atoms with van der Waals surface area (Å²) >= 11 is 0. The number of carbonyl (C=O) groups excluding carboxylic acids is 3. The van der Waals surface area contributed by atoms with Gasteiger partial charge in [0.15, 0.2) is 0 Å². The highest BCUT2D eigenvalue weighted by atomic mass is 16.5. The van der Waals surface area contributed by atoms with E-state index in [0.717, 1.165) is 10.5 Å². The van der Waals surface area contributed by atoms with Crippen molar-refractivity contribution in [3.8, 4) is 5.75 Å². The van der Waals surface area contributed by atoms with Crippen molar-refractivity contribution in [3.63, 3.8) is 0 Å². The number of hydrogen-bond donors (Lipinski definition) is 2. The van der Waals surface area contributed by atoms with E-state index in [-0.39, 0.29) is 34.7 Å². The Bertz CT molecular complexity index is 958. The molecule has 1 aliphatic heterocycles. The van der Waals surface area contributed by atoms with Crippen molar-refractivity contribution < 1.29 is 29.3 Å². The molecule has 0 saturated carbocycles. The molecule has 0 saturated heterocycles. The van der Waals surface area contributed by atoms with Crippen molar-refractivity contribution in [3.05, 3.63) is 58.1 Å². The van der Waals surface area contributed by atoms with E-state index in [0.29, 0.717) is 12.0 Å². The number of carbonyl (C=O) groups is 3. The van der Waals surface area contributed by atoms with Gasteiger partial charge in [-0.25, -0.2) is 9.69 Å². The first-order valence-corrected chi connectivity index (χ1v) is 8.92. The van der Waals surface area contributed by atoms with Gasteiger partial charge in [0.1, 0.15) is 12.4 Å². The summed E-state index contributed by atoms with van der Waals surface area (Å²) in [5, 5.41) is 19.8. The summed E-state index contributed by atoms with van der Waals surface area (Å²) in [6.07, 6.45) is -0.316. The minimum atomic E-state index is -0.760. The largest absolute Gasteiger partial charge is 0.506 e. The lowest BCUT2D eigenvalue weighted by Gasteiger charge is -2.18. The van der Waals surface area contributed by atoms with Crippen molar-refractivity contribution >= 4 is 23.5 Å². The number of anilines is 1. The zero-order valence-corrected chi connectivity index (χ0v) is 15.9. The molecule has 2 aromatic carbocycles.